The number of nitrogens with one attached hydrogen (secondary N) is 1. The van der Waals surface area contributed by atoms with Gasteiger partial charge in [-0.1, -0.05) is 6.07 Å². The van der Waals surface area contributed by atoms with E-state index in [1.807, 2.05) is 42.6 Å². The van der Waals surface area contributed by atoms with Crippen molar-refractivity contribution in [3.63, 3.8) is 0 Å². The molecule has 5 nitrogen and oxygen atoms in total. The summed E-state index contributed by atoms with van der Waals surface area (Å²) in [4.78, 5) is 23.5. The van der Waals surface area contributed by atoms with Gasteiger partial charge in [0.2, 0.25) is 5.88 Å². The second-order valence-corrected chi connectivity index (χ2v) is 7.85. The summed E-state index contributed by atoms with van der Waals surface area (Å²) in [5, 5.41) is 5.70. The Morgan fingerprint density at radius 1 is 1.12 bits per heavy atom. The number of thiophene rings is 2. The highest BCUT2D eigenvalue weighted by Crippen LogP contribution is 2.35. The van der Waals surface area contributed by atoms with Gasteiger partial charge in [-0.25, -0.2) is 9.97 Å². The SMILES string of the molecule is Cc1sc2ncnc(Oc3ccc(NC(=O)c4cccs4)cc3)c2c1C. The minimum absolute atomic E-state index is 0.115. The Kier molecular flexibility index (Phi) is 4.40. The van der Waals surface area contributed by atoms with Gasteiger partial charge in [-0.15, -0.1) is 22.7 Å². The molecule has 3 aromatic heterocycles. The van der Waals surface area contributed by atoms with E-state index in [2.05, 4.69) is 22.2 Å². The Bertz CT molecular complexity index is 1070. The van der Waals surface area contributed by atoms with Gasteiger partial charge in [0, 0.05) is 10.6 Å². The molecule has 0 atom stereocenters. The van der Waals surface area contributed by atoms with Gasteiger partial charge in [-0.2, -0.15) is 0 Å². The molecule has 26 heavy (non-hydrogen) atoms. The molecule has 1 N–H and O–H groups in total. The molecule has 3 heterocycles. The van der Waals surface area contributed by atoms with Crippen LogP contribution in [0.25, 0.3) is 10.2 Å². The molecule has 0 unspecified atom stereocenters. The van der Waals surface area contributed by atoms with E-state index >= 15 is 0 Å². The Labute approximate surface area is 158 Å². The molecule has 4 aromatic rings. The summed E-state index contributed by atoms with van der Waals surface area (Å²) in [5.74, 6) is 1.09. The van der Waals surface area contributed by atoms with E-state index in [1.54, 1.807) is 17.4 Å². The van der Waals surface area contributed by atoms with E-state index in [4.69, 9.17) is 4.74 Å². The number of rotatable bonds is 4. The lowest BCUT2D eigenvalue weighted by molar-refractivity contribution is 0.103. The summed E-state index contributed by atoms with van der Waals surface area (Å²) in [6, 6.07) is 10.9. The molecule has 0 spiro atoms. The highest BCUT2D eigenvalue weighted by Gasteiger charge is 2.14. The number of ether oxygens (including phenoxy) is 1. The van der Waals surface area contributed by atoms with Crippen molar-refractivity contribution >= 4 is 44.5 Å². The van der Waals surface area contributed by atoms with E-state index in [9.17, 15) is 4.79 Å². The molecule has 0 radical (unpaired) electrons. The molecule has 1 amide bonds. The number of aromatic nitrogens is 2. The molecule has 7 heteroatoms. The van der Waals surface area contributed by atoms with Gasteiger partial charge in [0.1, 0.15) is 16.9 Å². The number of nitrogens with zero attached hydrogens (tertiary/aromatic N) is 2. The second-order valence-electron chi connectivity index (χ2n) is 5.70. The maximum absolute atomic E-state index is 12.1. The molecular weight excluding hydrogens is 366 g/mol. The maximum Gasteiger partial charge on any atom is 0.265 e. The Balaban J connectivity index is 1.54. The molecule has 0 aliphatic carbocycles. The van der Waals surface area contributed by atoms with Gasteiger partial charge in [0.15, 0.2) is 0 Å². The lowest BCUT2D eigenvalue weighted by atomic mass is 10.2. The Hall–Kier alpha value is -2.77. The van der Waals surface area contributed by atoms with Crippen LogP contribution in [0.15, 0.2) is 48.1 Å². The second kappa shape index (κ2) is 6.86. The van der Waals surface area contributed by atoms with Crippen molar-refractivity contribution in [1.82, 2.24) is 9.97 Å². The molecule has 0 aliphatic heterocycles. The summed E-state index contributed by atoms with van der Waals surface area (Å²) in [5.41, 5.74) is 1.85. The molecule has 0 saturated heterocycles. The zero-order chi connectivity index (χ0) is 18.1. The number of carbonyl (C=O) groups is 1. The first-order chi connectivity index (χ1) is 12.6. The zero-order valence-electron chi connectivity index (χ0n) is 14.1. The van der Waals surface area contributed by atoms with Crippen molar-refractivity contribution in [2.75, 3.05) is 5.32 Å². The van der Waals surface area contributed by atoms with Crippen molar-refractivity contribution in [1.29, 1.82) is 0 Å². The van der Waals surface area contributed by atoms with Gasteiger partial charge in [0.25, 0.3) is 5.91 Å². The van der Waals surface area contributed by atoms with Gasteiger partial charge in [-0.05, 0) is 55.1 Å². The maximum atomic E-state index is 12.1. The molecule has 0 bridgehead atoms. The van der Waals surface area contributed by atoms with Crippen LogP contribution in [0.4, 0.5) is 5.69 Å². The fraction of sp³-hybridized carbons (Fsp3) is 0.105. The molecule has 0 aliphatic rings. The summed E-state index contributed by atoms with van der Waals surface area (Å²) >= 11 is 3.04. The minimum atomic E-state index is -0.115. The van der Waals surface area contributed by atoms with Crippen LogP contribution < -0.4 is 10.1 Å². The molecular formula is C19H15N3O2S2. The average molecular weight is 381 g/mol. The van der Waals surface area contributed by atoms with Crippen molar-refractivity contribution in [2.24, 2.45) is 0 Å². The van der Waals surface area contributed by atoms with Crippen LogP contribution >= 0.6 is 22.7 Å². The Morgan fingerprint density at radius 3 is 2.65 bits per heavy atom. The average Bonchev–Trinajstić information content (AvgIpc) is 3.26. The predicted molar refractivity (Wildman–Crippen MR) is 106 cm³/mol. The van der Waals surface area contributed by atoms with Gasteiger partial charge < -0.3 is 10.1 Å². The number of hydrogen-bond donors (Lipinski definition) is 1. The van der Waals surface area contributed by atoms with E-state index < -0.39 is 0 Å². The molecule has 4 rings (SSSR count). The largest absolute Gasteiger partial charge is 0.438 e. The first-order valence-corrected chi connectivity index (χ1v) is 9.65. The number of carbonyl (C=O) groups excluding carboxylic acids is 1. The third-order valence-corrected chi connectivity index (χ3v) is 5.99. The molecule has 130 valence electrons. The van der Waals surface area contributed by atoms with Crippen LogP contribution in [-0.2, 0) is 0 Å². The summed E-state index contributed by atoms with van der Waals surface area (Å²) in [7, 11) is 0. The number of amides is 1. The molecule has 0 fully saturated rings. The fourth-order valence-electron chi connectivity index (χ4n) is 2.55. The van der Waals surface area contributed by atoms with Crippen LogP contribution in [0.5, 0.6) is 11.6 Å². The molecule has 1 aromatic carbocycles. The van der Waals surface area contributed by atoms with Crippen LogP contribution in [0, 0.1) is 13.8 Å². The van der Waals surface area contributed by atoms with Crippen molar-refractivity contribution < 1.29 is 9.53 Å². The quantitative estimate of drug-likeness (QED) is 0.513. The Morgan fingerprint density at radius 2 is 1.92 bits per heavy atom. The minimum Gasteiger partial charge on any atom is -0.438 e. The topological polar surface area (TPSA) is 64.1 Å². The van der Waals surface area contributed by atoms with Crippen LogP contribution in [0.1, 0.15) is 20.1 Å². The third-order valence-electron chi connectivity index (χ3n) is 4.00. The van der Waals surface area contributed by atoms with E-state index in [0.29, 0.717) is 22.2 Å². The molecule has 0 saturated carbocycles. The fourth-order valence-corrected chi connectivity index (χ4v) is 4.15. The van der Waals surface area contributed by atoms with E-state index in [0.717, 1.165) is 15.8 Å². The third kappa shape index (κ3) is 3.18. The van der Waals surface area contributed by atoms with Crippen LogP contribution in [-0.4, -0.2) is 15.9 Å². The highest BCUT2D eigenvalue weighted by atomic mass is 32.1. The van der Waals surface area contributed by atoms with Gasteiger partial charge >= 0.3 is 0 Å². The van der Waals surface area contributed by atoms with Crippen molar-refractivity contribution in [3.05, 3.63) is 63.4 Å². The summed E-state index contributed by atoms with van der Waals surface area (Å²) < 4.78 is 5.96. The monoisotopic (exact) mass is 381 g/mol. The normalized spacial score (nSPS) is 10.8. The number of anilines is 1. The first kappa shape index (κ1) is 16.7. The summed E-state index contributed by atoms with van der Waals surface area (Å²) in [6.07, 6.45) is 1.52. The highest BCUT2D eigenvalue weighted by molar-refractivity contribution is 7.18. The summed E-state index contributed by atoms with van der Waals surface area (Å²) in [6.45, 7) is 4.12. The smallest absolute Gasteiger partial charge is 0.265 e. The number of fused-ring (bicyclic) bond motifs is 1. The van der Waals surface area contributed by atoms with Crippen molar-refractivity contribution in [2.45, 2.75) is 13.8 Å². The van der Waals surface area contributed by atoms with Gasteiger partial charge in [0.05, 0.1) is 10.3 Å². The number of benzene rings is 1. The standard InChI is InChI=1S/C19H15N3O2S2/c1-11-12(2)26-19-16(11)18(20-10-21-19)24-14-7-5-13(6-8-14)22-17(23)15-4-3-9-25-15/h3-10H,1-2H3,(H,22,23). The predicted octanol–water partition coefficient (Wildman–Crippen LogP) is 5.41. The van der Waals surface area contributed by atoms with Crippen molar-refractivity contribution in [3.8, 4) is 11.6 Å². The number of hydrogen-bond acceptors (Lipinski definition) is 6. The van der Waals surface area contributed by atoms with Crippen LogP contribution in [0.3, 0.4) is 0 Å². The lowest BCUT2D eigenvalue weighted by Crippen LogP contribution is -2.09. The zero-order valence-corrected chi connectivity index (χ0v) is 15.8. The number of aryl methyl sites for hydroxylation is 2. The van der Waals surface area contributed by atoms with Gasteiger partial charge in [-0.3, -0.25) is 4.79 Å². The van der Waals surface area contributed by atoms with Crippen LogP contribution in [0.2, 0.25) is 0 Å². The van der Waals surface area contributed by atoms with E-state index in [-0.39, 0.29) is 5.91 Å². The lowest BCUT2D eigenvalue weighted by Gasteiger charge is -2.08. The first-order valence-electron chi connectivity index (χ1n) is 7.95. The van der Waals surface area contributed by atoms with E-state index in [1.165, 1.54) is 22.5 Å².